The van der Waals surface area contributed by atoms with Crippen LogP contribution < -0.4 is 9.64 Å². The van der Waals surface area contributed by atoms with E-state index in [0.29, 0.717) is 23.4 Å². The molecule has 0 aliphatic carbocycles. The van der Waals surface area contributed by atoms with E-state index in [-0.39, 0.29) is 11.5 Å². The van der Waals surface area contributed by atoms with E-state index in [1.54, 1.807) is 27.2 Å². The average Bonchev–Trinajstić information content (AvgIpc) is 3.16. The highest BCUT2D eigenvalue weighted by atomic mass is 16.5. The van der Waals surface area contributed by atoms with E-state index in [2.05, 4.69) is 10.1 Å². The van der Waals surface area contributed by atoms with Crippen LogP contribution >= 0.6 is 0 Å². The van der Waals surface area contributed by atoms with E-state index < -0.39 is 0 Å². The second kappa shape index (κ2) is 8.30. The van der Waals surface area contributed by atoms with Crippen molar-refractivity contribution in [2.45, 2.75) is 20.4 Å². The van der Waals surface area contributed by atoms with Gasteiger partial charge in [0.25, 0.3) is 0 Å². The van der Waals surface area contributed by atoms with Gasteiger partial charge < -0.3 is 20.2 Å². The molecule has 0 aliphatic heterocycles. The van der Waals surface area contributed by atoms with Crippen molar-refractivity contribution in [3.8, 4) is 5.75 Å². The molecule has 0 radical (unpaired) electrons. The Bertz CT molecular complexity index is 1350. The van der Waals surface area contributed by atoms with Gasteiger partial charge in [0.2, 0.25) is 0 Å². The summed E-state index contributed by atoms with van der Waals surface area (Å²) in [5.74, 6) is 1.40. The van der Waals surface area contributed by atoms with E-state index in [0.717, 1.165) is 33.3 Å². The topological polar surface area (TPSA) is 100 Å². The molecule has 0 bridgehead atoms. The van der Waals surface area contributed by atoms with Crippen molar-refractivity contribution >= 4 is 38.9 Å². The van der Waals surface area contributed by atoms with Crippen molar-refractivity contribution in [1.29, 1.82) is 5.41 Å². The predicted molar refractivity (Wildman–Crippen MR) is 128 cm³/mol. The summed E-state index contributed by atoms with van der Waals surface area (Å²) in [6.45, 7) is 3.73. The molecule has 0 amide bonds. The molecule has 0 saturated heterocycles. The monoisotopic (exact) mass is 430 g/mol. The van der Waals surface area contributed by atoms with Crippen molar-refractivity contribution in [2.75, 3.05) is 26.1 Å². The summed E-state index contributed by atoms with van der Waals surface area (Å²) in [5.41, 5.74) is 3.85. The Kier molecular flexibility index (Phi) is 5.52. The molecule has 4 aromatic rings. The summed E-state index contributed by atoms with van der Waals surface area (Å²) in [6, 6.07) is 9.59. The van der Waals surface area contributed by atoms with Gasteiger partial charge in [-0.2, -0.15) is 5.10 Å². The molecular formula is C24H26N6O2. The molecule has 0 unspecified atom stereocenters. The highest BCUT2D eigenvalue weighted by Gasteiger charge is 2.20. The van der Waals surface area contributed by atoms with Crippen LogP contribution in [0.25, 0.3) is 27.4 Å². The fourth-order valence-electron chi connectivity index (χ4n) is 4.00. The van der Waals surface area contributed by atoms with Crippen molar-refractivity contribution in [2.24, 2.45) is 0 Å². The first kappa shape index (κ1) is 21.3. The molecule has 8 heteroatoms. The van der Waals surface area contributed by atoms with Gasteiger partial charge in [0.05, 0.1) is 47.7 Å². The van der Waals surface area contributed by atoms with Gasteiger partial charge in [0.15, 0.2) is 0 Å². The normalized spacial score (nSPS) is 12.2. The Labute approximate surface area is 186 Å². The maximum atomic E-state index is 10.3. The molecule has 164 valence electrons. The number of aliphatic hydroxyl groups is 1. The third-order valence-corrected chi connectivity index (χ3v) is 5.35. The quantitative estimate of drug-likeness (QED) is 0.347. The van der Waals surface area contributed by atoms with Gasteiger partial charge in [-0.3, -0.25) is 9.67 Å². The molecule has 32 heavy (non-hydrogen) atoms. The number of fused-ring (bicyclic) bond motifs is 3. The largest absolute Gasteiger partial charge is 0.512 e. The highest BCUT2D eigenvalue weighted by molar-refractivity contribution is 6.23. The van der Waals surface area contributed by atoms with Crippen LogP contribution in [0.15, 0.2) is 48.5 Å². The number of hydrogen-bond donors (Lipinski definition) is 2. The first-order chi connectivity index (χ1) is 15.3. The predicted octanol–water partition coefficient (Wildman–Crippen LogP) is 4.43. The second-order valence-corrected chi connectivity index (χ2v) is 7.87. The van der Waals surface area contributed by atoms with E-state index >= 15 is 0 Å². The number of rotatable bonds is 6. The fourth-order valence-corrected chi connectivity index (χ4v) is 4.00. The molecule has 2 N–H and O–H groups in total. The number of nitrogens with zero attached hydrogens (tertiary/aromatic N) is 5. The van der Waals surface area contributed by atoms with Gasteiger partial charge in [0, 0.05) is 42.5 Å². The van der Waals surface area contributed by atoms with E-state index in [9.17, 15) is 5.11 Å². The summed E-state index contributed by atoms with van der Waals surface area (Å²) in [7, 11) is 5.47. The van der Waals surface area contributed by atoms with Gasteiger partial charge in [-0.1, -0.05) is 6.07 Å². The Morgan fingerprint density at radius 1 is 1.19 bits per heavy atom. The zero-order chi connectivity index (χ0) is 23.0. The van der Waals surface area contributed by atoms with Crippen LogP contribution in [-0.2, 0) is 6.54 Å². The Hall–Kier alpha value is -3.94. The van der Waals surface area contributed by atoms with Crippen LogP contribution in [0.3, 0.4) is 0 Å². The third-order valence-electron chi connectivity index (χ3n) is 5.35. The summed E-state index contributed by atoms with van der Waals surface area (Å²) in [5, 5.41) is 24.8. The number of aromatic nitrogens is 4. The summed E-state index contributed by atoms with van der Waals surface area (Å²) in [6.07, 6.45) is 3.59. The zero-order valence-electron chi connectivity index (χ0n) is 18.8. The summed E-state index contributed by atoms with van der Waals surface area (Å²) in [4.78, 5) is 11.3. The molecule has 0 saturated carbocycles. The minimum atomic E-state index is 0.0595. The Morgan fingerprint density at radius 2 is 1.97 bits per heavy atom. The van der Waals surface area contributed by atoms with Crippen molar-refractivity contribution < 1.29 is 9.84 Å². The molecule has 0 atom stereocenters. The smallest absolute Gasteiger partial charge is 0.139 e. The maximum Gasteiger partial charge on any atom is 0.139 e. The SMILES string of the molecule is COc1cc2c(cc1/C(C(C)=N)=C(\C)O)nc(N(C)C)c1cnn(Cc3ccccn3)c12. The number of nitrogens with one attached hydrogen (secondary N) is 1. The van der Waals surface area contributed by atoms with Gasteiger partial charge in [-0.05, 0) is 38.1 Å². The number of ether oxygens (including phenoxy) is 1. The zero-order valence-corrected chi connectivity index (χ0v) is 18.8. The van der Waals surface area contributed by atoms with Crippen LogP contribution in [0.4, 0.5) is 5.82 Å². The molecule has 4 rings (SSSR count). The first-order valence-electron chi connectivity index (χ1n) is 10.2. The molecule has 8 nitrogen and oxygen atoms in total. The average molecular weight is 431 g/mol. The van der Waals surface area contributed by atoms with Crippen LogP contribution in [0, 0.1) is 5.41 Å². The number of methoxy groups -OCH3 is 1. The van der Waals surface area contributed by atoms with E-state index in [1.165, 1.54) is 0 Å². The Morgan fingerprint density at radius 3 is 2.56 bits per heavy atom. The maximum absolute atomic E-state index is 10.3. The number of benzene rings is 1. The number of allylic oxidation sites excluding steroid dienone is 2. The van der Waals surface area contributed by atoms with Gasteiger partial charge in [-0.25, -0.2) is 4.98 Å². The molecule has 3 aromatic heterocycles. The lowest BCUT2D eigenvalue weighted by Gasteiger charge is -2.18. The molecule has 1 aromatic carbocycles. The fraction of sp³-hybridized carbons (Fsp3) is 0.250. The van der Waals surface area contributed by atoms with Crippen molar-refractivity contribution in [3.05, 3.63) is 59.7 Å². The van der Waals surface area contributed by atoms with Gasteiger partial charge in [-0.15, -0.1) is 0 Å². The lowest BCUT2D eigenvalue weighted by atomic mass is 9.97. The second-order valence-electron chi connectivity index (χ2n) is 7.87. The van der Waals surface area contributed by atoms with Crippen molar-refractivity contribution in [3.63, 3.8) is 0 Å². The number of pyridine rings is 2. The summed E-state index contributed by atoms with van der Waals surface area (Å²) < 4.78 is 7.59. The minimum absolute atomic E-state index is 0.0595. The standard InChI is InChI=1S/C24H26N6O2/c1-14(25)22(15(2)31)18-10-20-17(11-21(18)32-5)23-19(24(28-20)29(3)4)12-27-30(23)13-16-8-6-7-9-26-16/h6-12,25,31H,13H2,1-5H3/b22-15+,25-14?. The Balaban J connectivity index is 2.06. The van der Waals surface area contributed by atoms with Crippen LogP contribution in [0.5, 0.6) is 5.75 Å². The lowest BCUT2D eigenvalue weighted by molar-refractivity contribution is 0.409. The lowest BCUT2D eigenvalue weighted by Crippen LogP contribution is -2.12. The number of hydrogen-bond acceptors (Lipinski definition) is 7. The highest BCUT2D eigenvalue weighted by Crippen LogP contribution is 2.37. The summed E-state index contributed by atoms with van der Waals surface area (Å²) >= 11 is 0. The molecule has 0 aliphatic rings. The number of aliphatic hydroxyl groups excluding tert-OH is 1. The van der Waals surface area contributed by atoms with Gasteiger partial charge in [0.1, 0.15) is 11.6 Å². The third kappa shape index (κ3) is 3.64. The minimum Gasteiger partial charge on any atom is -0.512 e. The van der Waals surface area contributed by atoms with Crippen LogP contribution in [0.2, 0.25) is 0 Å². The van der Waals surface area contributed by atoms with Crippen LogP contribution in [0.1, 0.15) is 25.1 Å². The van der Waals surface area contributed by atoms with E-state index in [1.807, 2.05) is 60.2 Å². The molecule has 0 fully saturated rings. The van der Waals surface area contributed by atoms with Gasteiger partial charge >= 0.3 is 0 Å². The van der Waals surface area contributed by atoms with E-state index in [4.69, 9.17) is 15.1 Å². The molecular weight excluding hydrogens is 404 g/mol. The number of anilines is 1. The van der Waals surface area contributed by atoms with Crippen LogP contribution in [-0.4, -0.2) is 51.8 Å². The molecule has 0 spiro atoms. The first-order valence-corrected chi connectivity index (χ1v) is 10.2. The van der Waals surface area contributed by atoms with Crippen molar-refractivity contribution in [1.82, 2.24) is 19.7 Å². The molecule has 3 heterocycles.